The lowest BCUT2D eigenvalue weighted by Gasteiger charge is -2.29. The average Bonchev–Trinajstić information content (AvgIpc) is 2.96. The van der Waals surface area contributed by atoms with Crippen LogP contribution in [0.1, 0.15) is 45.1 Å². The fraction of sp³-hybridized carbons (Fsp3) is 0.312. The first-order valence-electron chi connectivity index (χ1n) is 13.1. The van der Waals surface area contributed by atoms with E-state index in [0.29, 0.717) is 57.2 Å². The highest BCUT2D eigenvalue weighted by molar-refractivity contribution is 6.36. The van der Waals surface area contributed by atoms with Crippen LogP contribution in [0.25, 0.3) is 27.5 Å². The number of halogens is 1. The molecule has 7 nitrogen and oxygen atoms in total. The van der Waals surface area contributed by atoms with Crippen LogP contribution >= 0.6 is 11.6 Å². The number of aldehydes is 1. The van der Waals surface area contributed by atoms with Crippen molar-refractivity contribution in [2.24, 2.45) is 7.05 Å². The van der Waals surface area contributed by atoms with Crippen LogP contribution in [0.2, 0.25) is 0 Å². The SMILES string of the molecule is C/C=C\C(=C(\Cl)C1=COCCN1)c1c([C@H](C=O)OC(C)(C)C)n(C)c(=O)c2c(-c3cccc(OC)c3)cccc12. The molecule has 1 atom stereocenters. The van der Waals surface area contributed by atoms with E-state index in [1.807, 2.05) is 82.3 Å². The second-order valence-electron chi connectivity index (χ2n) is 10.4. The molecule has 2 aromatic carbocycles. The van der Waals surface area contributed by atoms with Crippen LogP contribution in [0.15, 0.2) is 76.4 Å². The molecule has 2 heterocycles. The third kappa shape index (κ3) is 5.86. The first-order valence-corrected chi connectivity index (χ1v) is 13.5. The van der Waals surface area contributed by atoms with E-state index in [0.717, 1.165) is 17.4 Å². The number of carbonyl (C=O) groups is 1. The number of pyridine rings is 1. The Morgan fingerprint density at radius 1 is 1.20 bits per heavy atom. The van der Waals surface area contributed by atoms with E-state index < -0.39 is 11.7 Å². The number of fused-ring (bicyclic) bond motifs is 1. The number of benzene rings is 2. The molecule has 0 radical (unpaired) electrons. The Morgan fingerprint density at radius 3 is 2.58 bits per heavy atom. The van der Waals surface area contributed by atoms with Crippen molar-refractivity contribution in [3.05, 3.63) is 93.2 Å². The van der Waals surface area contributed by atoms with E-state index in [1.54, 1.807) is 20.4 Å². The van der Waals surface area contributed by atoms with E-state index >= 15 is 0 Å². The zero-order valence-electron chi connectivity index (χ0n) is 23.7. The van der Waals surface area contributed by atoms with Crippen LogP contribution in [0.5, 0.6) is 5.75 Å². The van der Waals surface area contributed by atoms with E-state index in [2.05, 4.69) is 5.32 Å². The molecular weight excluding hydrogens is 528 g/mol. The number of rotatable bonds is 8. The molecule has 4 rings (SSSR count). The molecule has 0 unspecified atom stereocenters. The van der Waals surface area contributed by atoms with E-state index in [9.17, 15) is 9.59 Å². The molecule has 8 heteroatoms. The molecule has 3 aromatic rings. The molecular formula is C32H35ClN2O5. The van der Waals surface area contributed by atoms with Gasteiger partial charge in [-0.3, -0.25) is 4.79 Å². The average molecular weight is 563 g/mol. The largest absolute Gasteiger partial charge is 0.497 e. The van der Waals surface area contributed by atoms with Crippen LogP contribution in [0.3, 0.4) is 0 Å². The Kier molecular flexibility index (Phi) is 8.86. The smallest absolute Gasteiger partial charge is 0.259 e. The number of carbonyl (C=O) groups excluding carboxylic acids is 1. The molecule has 0 amide bonds. The summed E-state index contributed by atoms with van der Waals surface area (Å²) in [4.78, 5) is 26.7. The van der Waals surface area contributed by atoms with Crippen molar-refractivity contribution in [1.29, 1.82) is 0 Å². The van der Waals surface area contributed by atoms with Gasteiger partial charge in [-0.1, -0.05) is 54.1 Å². The minimum atomic E-state index is -1.04. The van der Waals surface area contributed by atoms with Gasteiger partial charge in [-0.15, -0.1) is 0 Å². The fourth-order valence-corrected chi connectivity index (χ4v) is 5.15. The van der Waals surface area contributed by atoms with Crippen molar-refractivity contribution >= 4 is 34.2 Å². The highest BCUT2D eigenvalue weighted by Gasteiger charge is 2.30. The second kappa shape index (κ2) is 12.1. The Labute approximate surface area is 239 Å². The predicted octanol–water partition coefficient (Wildman–Crippen LogP) is 6.26. The number of hydrogen-bond acceptors (Lipinski definition) is 6. The van der Waals surface area contributed by atoms with E-state index in [4.69, 9.17) is 25.8 Å². The van der Waals surface area contributed by atoms with Gasteiger partial charge >= 0.3 is 0 Å². The molecule has 1 aromatic heterocycles. The highest BCUT2D eigenvalue weighted by Crippen LogP contribution is 2.40. The first kappa shape index (κ1) is 29.2. The molecule has 0 spiro atoms. The highest BCUT2D eigenvalue weighted by atomic mass is 35.5. The third-order valence-electron chi connectivity index (χ3n) is 6.54. The van der Waals surface area contributed by atoms with Gasteiger partial charge in [0.25, 0.3) is 5.56 Å². The molecule has 0 fully saturated rings. The summed E-state index contributed by atoms with van der Waals surface area (Å²) in [6.45, 7) is 8.61. The van der Waals surface area contributed by atoms with Crippen molar-refractivity contribution in [2.45, 2.75) is 39.4 Å². The summed E-state index contributed by atoms with van der Waals surface area (Å²) < 4.78 is 18.7. The molecule has 1 aliphatic heterocycles. The maximum Gasteiger partial charge on any atom is 0.259 e. The lowest BCUT2D eigenvalue weighted by molar-refractivity contribution is -0.129. The predicted molar refractivity (Wildman–Crippen MR) is 160 cm³/mol. The number of aromatic nitrogens is 1. The van der Waals surface area contributed by atoms with Gasteiger partial charge in [-0.25, -0.2) is 0 Å². The van der Waals surface area contributed by atoms with Gasteiger partial charge in [0, 0.05) is 24.7 Å². The topological polar surface area (TPSA) is 78.8 Å². The monoisotopic (exact) mass is 562 g/mol. The Morgan fingerprint density at radius 2 is 1.95 bits per heavy atom. The Bertz CT molecular complexity index is 1580. The fourth-order valence-electron chi connectivity index (χ4n) is 4.89. The normalized spacial score (nSPS) is 15.2. The Hall–Kier alpha value is -3.81. The van der Waals surface area contributed by atoms with Crippen LogP contribution in [0.4, 0.5) is 0 Å². The van der Waals surface area contributed by atoms with Crippen molar-refractivity contribution in [2.75, 3.05) is 20.3 Å². The summed E-state index contributed by atoms with van der Waals surface area (Å²) in [7, 11) is 3.27. The molecule has 40 heavy (non-hydrogen) atoms. The van der Waals surface area contributed by atoms with Gasteiger partial charge in [0.2, 0.25) is 0 Å². The Balaban J connectivity index is 2.19. The number of nitrogens with zero attached hydrogens (tertiary/aromatic N) is 1. The maximum atomic E-state index is 14.1. The van der Waals surface area contributed by atoms with E-state index in [1.165, 1.54) is 4.57 Å². The van der Waals surface area contributed by atoms with Crippen LogP contribution < -0.4 is 15.6 Å². The molecule has 1 N–H and O–H groups in total. The summed E-state index contributed by atoms with van der Waals surface area (Å²) in [5.74, 6) is 0.677. The summed E-state index contributed by atoms with van der Waals surface area (Å²) in [6.07, 6.45) is 5.02. The van der Waals surface area contributed by atoms with Gasteiger partial charge in [0.1, 0.15) is 18.6 Å². The lowest BCUT2D eigenvalue weighted by atomic mass is 9.90. The maximum absolute atomic E-state index is 14.1. The molecule has 0 bridgehead atoms. The van der Waals surface area contributed by atoms with E-state index in [-0.39, 0.29) is 5.56 Å². The van der Waals surface area contributed by atoms with Gasteiger partial charge < -0.3 is 28.9 Å². The number of allylic oxidation sites excluding steroid dienone is 4. The quantitative estimate of drug-likeness (QED) is 0.258. The molecule has 0 aliphatic carbocycles. The zero-order chi connectivity index (χ0) is 29.0. The van der Waals surface area contributed by atoms with Crippen molar-refractivity contribution < 1.29 is 19.0 Å². The van der Waals surface area contributed by atoms with Gasteiger partial charge in [-0.05, 0) is 56.3 Å². The van der Waals surface area contributed by atoms with Crippen molar-refractivity contribution in [1.82, 2.24) is 9.88 Å². The van der Waals surface area contributed by atoms with Gasteiger partial charge in [0.05, 0.1) is 34.5 Å². The number of hydrogen-bond donors (Lipinski definition) is 1. The first-order chi connectivity index (χ1) is 19.1. The van der Waals surface area contributed by atoms with Crippen molar-refractivity contribution in [3.8, 4) is 16.9 Å². The van der Waals surface area contributed by atoms with Crippen LogP contribution in [-0.4, -0.2) is 36.7 Å². The molecule has 1 aliphatic rings. The third-order valence-corrected chi connectivity index (χ3v) is 6.94. The molecule has 0 saturated carbocycles. The molecule has 210 valence electrons. The van der Waals surface area contributed by atoms with Crippen LogP contribution in [0, 0.1) is 0 Å². The van der Waals surface area contributed by atoms with Crippen molar-refractivity contribution in [3.63, 3.8) is 0 Å². The van der Waals surface area contributed by atoms with Gasteiger partial charge in [-0.2, -0.15) is 0 Å². The number of methoxy groups -OCH3 is 1. The van der Waals surface area contributed by atoms with Gasteiger partial charge in [0.15, 0.2) is 12.4 Å². The minimum absolute atomic E-state index is 0.259. The number of ether oxygens (including phenoxy) is 3. The molecule has 0 saturated heterocycles. The lowest BCUT2D eigenvalue weighted by Crippen LogP contribution is -2.31. The minimum Gasteiger partial charge on any atom is -0.497 e. The summed E-state index contributed by atoms with van der Waals surface area (Å²) in [5, 5.41) is 4.81. The van der Waals surface area contributed by atoms with Crippen LogP contribution in [-0.2, 0) is 21.3 Å². The summed E-state index contributed by atoms with van der Waals surface area (Å²) in [5.41, 5.74) is 2.91. The standard InChI is InChI=1S/C32H35ClN2O5/c1-7-10-24(29(33)25-19-39-16-15-34-25)27-23-14-9-13-22(20-11-8-12-21(17-20)38-6)28(23)31(37)35(5)30(27)26(18-36)40-32(2,3)4/h7-14,17-19,26,34H,15-16H2,1-6H3/b10-7-,29-24-/t26-/m0/s1. The summed E-state index contributed by atoms with van der Waals surface area (Å²) in [6, 6.07) is 13.2. The zero-order valence-corrected chi connectivity index (χ0v) is 24.5. The second-order valence-corrected chi connectivity index (χ2v) is 10.8. The number of nitrogens with one attached hydrogen (secondary N) is 1. The summed E-state index contributed by atoms with van der Waals surface area (Å²) >= 11 is 7.07.